The molecule has 0 aliphatic rings. The number of carbonyl (C=O) groups excluding carboxylic acids is 1. The minimum atomic E-state index is -3.93. The van der Waals surface area contributed by atoms with E-state index in [0.29, 0.717) is 0 Å². The van der Waals surface area contributed by atoms with Gasteiger partial charge in [0.2, 0.25) is 0 Å². The third-order valence-corrected chi connectivity index (χ3v) is 7.40. The van der Waals surface area contributed by atoms with E-state index in [1.807, 2.05) is 30.3 Å². The molecule has 158 valence electrons. The molecule has 0 spiro atoms. The number of nitrogens with zero attached hydrogens (tertiary/aromatic N) is 1. The smallest absolute Gasteiger partial charge is 0.264 e. The van der Waals surface area contributed by atoms with Crippen molar-refractivity contribution in [2.45, 2.75) is 24.6 Å². The van der Waals surface area contributed by atoms with E-state index in [4.69, 9.17) is 5.21 Å². The van der Waals surface area contributed by atoms with Gasteiger partial charge in [0.1, 0.15) is 5.82 Å². The van der Waals surface area contributed by atoms with Gasteiger partial charge in [-0.2, -0.15) is 0 Å². The Labute approximate surface area is 172 Å². The first-order chi connectivity index (χ1) is 14.1. The van der Waals surface area contributed by atoms with Crippen LogP contribution in [0.4, 0.5) is 4.39 Å². The van der Waals surface area contributed by atoms with Gasteiger partial charge in [0.15, 0.2) is 14.6 Å². The number of aromatic nitrogens is 1. The summed E-state index contributed by atoms with van der Waals surface area (Å²) in [4.78, 5) is 24.8. The lowest BCUT2D eigenvalue weighted by Crippen LogP contribution is -2.50. The lowest BCUT2D eigenvalue weighted by atomic mass is 10.0. The Morgan fingerprint density at radius 2 is 1.80 bits per heavy atom. The Morgan fingerprint density at radius 1 is 1.13 bits per heavy atom. The lowest BCUT2D eigenvalue weighted by molar-refractivity contribution is -0.131. The molecular weight excluding hydrogens is 411 g/mol. The molecule has 2 N–H and O–H groups in total. The molecule has 7 nitrogen and oxygen atoms in total. The second-order valence-corrected chi connectivity index (χ2v) is 9.74. The maximum atomic E-state index is 14.8. The topological polar surface area (TPSA) is 105 Å². The monoisotopic (exact) mass is 432 g/mol. The minimum absolute atomic E-state index is 0.141. The van der Waals surface area contributed by atoms with Crippen molar-refractivity contribution in [2.24, 2.45) is 0 Å². The summed E-state index contributed by atoms with van der Waals surface area (Å²) in [5.74, 6) is -1.76. The summed E-state index contributed by atoms with van der Waals surface area (Å²) in [5.41, 5.74) is 2.47. The van der Waals surface area contributed by atoms with Crippen molar-refractivity contribution < 1.29 is 22.8 Å². The van der Waals surface area contributed by atoms with E-state index in [0.717, 1.165) is 35.1 Å². The molecule has 0 saturated heterocycles. The number of carbonyl (C=O) groups is 1. The first-order valence-electron chi connectivity index (χ1n) is 9.11. The number of hydroxylamine groups is 1. The number of benzene rings is 2. The number of nitrogens with one attached hydrogen (secondary N) is 1. The standard InChI is InChI=1S/C21H21FN2O5S/c1-21(20(26)23-27,30(2,28)29)10-11-24-13-18(22)17-12-15(8-9-16(17)19(24)25)14-6-4-3-5-7-14/h3-9,12-13,27H,10-11H2,1-2H3,(H,23,26)/t21-/m0/s1. The molecule has 0 bridgehead atoms. The van der Waals surface area contributed by atoms with Gasteiger partial charge in [-0.05, 0) is 36.6 Å². The van der Waals surface area contributed by atoms with Crippen LogP contribution in [-0.4, -0.2) is 35.1 Å². The van der Waals surface area contributed by atoms with Crippen LogP contribution in [-0.2, 0) is 21.2 Å². The highest BCUT2D eigenvalue weighted by atomic mass is 32.2. The summed E-state index contributed by atoms with van der Waals surface area (Å²) in [7, 11) is -3.93. The number of fused-ring (bicyclic) bond motifs is 1. The Hall–Kier alpha value is -3.04. The van der Waals surface area contributed by atoms with E-state index >= 15 is 0 Å². The maximum Gasteiger partial charge on any atom is 0.264 e. The number of amides is 1. The van der Waals surface area contributed by atoms with Gasteiger partial charge >= 0.3 is 0 Å². The van der Waals surface area contributed by atoms with Crippen LogP contribution >= 0.6 is 0 Å². The molecule has 1 atom stereocenters. The molecule has 9 heteroatoms. The number of rotatable bonds is 6. The second-order valence-electron chi connectivity index (χ2n) is 7.30. The van der Waals surface area contributed by atoms with E-state index in [1.54, 1.807) is 12.1 Å². The van der Waals surface area contributed by atoms with Gasteiger partial charge in [0, 0.05) is 24.4 Å². The molecule has 1 aromatic heterocycles. The molecular formula is C21H21FN2O5S. The highest BCUT2D eigenvalue weighted by Crippen LogP contribution is 2.25. The van der Waals surface area contributed by atoms with E-state index in [2.05, 4.69) is 0 Å². The molecule has 0 radical (unpaired) electrons. The molecule has 0 fully saturated rings. The fourth-order valence-corrected chi connectivity index (χ4v) is 4.09. The Balaban J connectivity index is 2.01. The van der Waals surface area contributed by atoms with E-state index < -0.39 is 31.9 Å². The number of pyridine rings is 1. The van der Waals surface area contributed by atoms with E-state index in [1.165, 1.54) is 11.5 Å². The molecule has 2 aromatic carbocycles. The Bertz CT molecular complexity index is 1270. The van der Waals surface area contributed by atoms with Gasteiger partial charge in [0.05, 0.1) is 5.39 Å². The quantitative estimate of drug-likeness (QED) is 0.460. The van der Waals surface area contributed by atoms with Crippen LogP contribution in [0.15, 0.2) is 59.5 Å². The van der Waals surface area contributed by atoms with E-state index in [-0.39, 0.29) is 23.7 Å². The van der Waals surface area contributed by atoms with Crippen molar-refractivity contribution >= 4 is 26.5 Å². The first-order valence-corrected chi connectivity index (χ1v) is 11.0. The second kappa shape index (κ2) is 8.00. The van der Waals surface area contributed by atoms with Crippen LogP contribution in [0.1, 0.15) is 13.3 Å². The summed E-state index contributed by atoms with van der Waals surface area (Å²) in [5, 5.41) is 9.19. The molecule has 0 aliphatic carbocycles. The SMILES string of the molecule is C[C@](CCn1cc(F)c2cc(-c3ccccc3)ccc2c1=O)(C(=O)NO)S(C)(=O)=O. The number of halogens is 1. The van der Waals surface area contributed by atoms with Crippen molar-refractivity contribution in [1.29, 1.82) is 0 Å². The number of sulfone groups is 1. The molecule has 0 unspecified atom stereocenters. The Kier molecular flexibility index (Phi) is 5.78. The molecule has 0 saturated carbocycles. The average molecular weight is 432 g/mol. The summed E-state index contributed by atoms with van der Waals surface area (Å²) in [6.45, 7) is 0.908. The van der Waals surface area contributed by atoms with Crippen molar-refractivity contribution in [3.05, 3.63) is 70.9 Å². The van der Waals surface area contributed by atoms with Crippen LogP contribution in [0, 0.1) is 5.82 Å². The number of hydrogen-bond donors (Lipinski definition) is 2. The predicted octanol–water partition coefficient (Wildman–Crippen LogP) is 2.51. The normalized spacial score (nSPS) is 13.7. The van der Waals surface area contributed by atoms with Crippen molar-refractivity contribution in [1.82, 2.24) is 10.0 Å². The van der Waals surface area contributed by atoms with Gasteiger partial charge < -0.3 is 4.57 Å². The van der Waals surface area contributed by atoms with Crippen LogP contribution < -0.4 is 11.0 Å². The van der Waals surface area contributed by atoms with Crippen molar-refractivity contribution in [3.63, 3.8) is 0 Å². The van der Waals surface area contributed by atoms with Crippen molar-refractivity contribution in [3.8, 4) is 11.1 Å². The maximum absolute atomic E-state index is 14.8. The lowest BCUT2D eigenvalue weighted by Gasteiger charge is -2.25. The molecule has 1 amide bonds. The summed E-state index contributed by atoms with van der Waals surface area (Å²) < 4.78 is 38.0. The number of hydrogen-bond acceptors (Lipinski definition) is 5. The molecule has 3 rings (SSSR count). The highest BCUT2D eigenvalue weighted by molar-refractivity contribution is 7.92. The highest BCUT2D eigenvalue weighted by Gasteiger charge is 2.43. The summed E-state index contributed by atoms with van der Waals surface area (Å²) >= 11 is 0. The Morgan fingerprint density at radius 3 is 2.40 bits per heavy atom. The molecule has 30 heavy (non-hydrogen) atoms. The average Bonchev–Trinajstić information content (AvgIpc) is 2.73. The third-order valence-electron chi connectivity index (χ3n) is 5.37. The van der Waals surface area contributed by atoms with Crippen LogP contribution in [0.5, 0.6) is 0 Å². The summed E-state index contributed by atoms with van der Waals surface area (Å²) in [6, 6.07) is 14.1. The zero-order valence-electron chi connectivity index (χ0n) is 16.4. The minimum Gasteiger partial charge on any atom is -0.312 e. The third kappa shape index (κ3) is 3.86. The fourth-order valence-electron chi connectivity index (χ4n) is 3.24. The van der Waals surface area contributed by atoms with Gasteiger partial charge in [-0.1, -0.05) is 36.4 Å². The van der Waals surface area contributed by atoms with Gasteiger partial charge in [-0.3, -0.25) is 14.8 Å². The van der Waals surface area contributed by atoms with Crippen molar-refractivity contribution in [2.75, 3.05) is 6.26 Å². The molecule has 0 aliphatic heterocycles. The fraction of sp³-hybridized carbons (Fsp3) is 0.238. The largest absolute Gasteiger partial charge is 0.312 e. The summed E-state index contributed by atoms with van der Waals surface area (Å²) in [6.07, 6.45) is 1.53. The van der Waals surface area contributed by atoms with E-state index in [9.17, 15) is 22.4 Å². The van der Waals surface area contributed by atoms with Gasteiger partial charge in [-0.25, -0.2) is 18.3 Å². The molecule has 1 heterocycles. The van der Waals surface area contributed by atoms with Crippen LogP contribution in [0.25, 0.3) is 21.9 Å². The predicted molar refractivity (Wildman–Crippen MR) is 111 cm³/mol. The van der Waals surface area contributed by atoms with Crippen LogP contribution in [0.2, 0.25) is 0 Å². The first kappa shape index (κ1) is 21.7. The zero-order chi connectivity index (χ0) is 22.1. The molecule has 3 aromatic rings. The van der Waals surface area contributed by atoms with Gasteiger partial charge in [-0.15, -0.1) is 0 Å². The number of aryl methyl sites for hydroxylation is 1. The zero-order valence-corrected chi connectivity index (χ0v) is 17.2. The van der Waals surface area contributed by atoms with Gasteiger partial charge in [0.25, 0.3) is 11.5 Å². The van der Waals surface area contributed by atoms with Crippen LogP contribution in [0.3, 0.4) is 0 Å².